The van der Waals surface area contributed by atoms with Crippen LogP contribution in [0, 0.1) is 5.41 Å². The zero-order valence-electron chi connectivity index (χ0n) is 20.5. The number of aryl methyl sites for hydroxylation is 1. The Hall–Kier alpha value is -3.34. The summed E-state index contributed by atoms with van der Waals surface area (Å²) >= 11 is 0. The van der Waals surface area contributed by atoms with Crippen LogP contribution in [0.5, 0.6) is 0 Å². The van der Waals surface area contributed by atoms with Gasteiger partial charge in [0.05, 0.1) is 35.7 Å². The lowest BCUT2D eigenvalue weighted by Crippen LogP contribution is -2.41. The number of fused-ring (bicyclic) bond motifs is 1. The minimum absolute atomic E-state index is 0.0173. The van der Waals surface area contributed by atoms with Crippen LogP contribution in [0.1, 0.15) is 85.1 Å². The number of nitrogens with zero attached hydrogens (tertiary/aromatic N) is 4. The lowest BCUT2D eigenvalue weighted by molar-refractivity contribution is -0.149. The number of aromatic nitrogens is 4. The number of Topliss-reactive ketones (excluding diaryl/α,β-unsaturated/α-hetero) is 1. The highest BCUT2D eigenvalue weighted by molar-refractivity contribution is 6.00. The predicted octanol–water partition coefficient (Wildman–Crippen LogP) is 1.70. The lowest BCUT2D eigenvalue weighted by Gasteiger charge is -2.32. The van der Waals surface area contributed by atoms with Gasteiger partial charge in [-0.1, -0.05) is 27.2 Å². The van der Waals surface area contributed by atoms with E-state index in [-0.39, 0.29) is 35.3 Å². The molecule has 11 heteroatoms. The summed E-state index contributed by atoms with van der Waals surface area (Å²) in [5.41, 5.74) is 12.9. The monoisotopic (exact) mass is 483 g/mol. The van der Waals surface area contributed by atoms with Crippen molar-refractivity contribution < 1.29 is 19.1 Å². The van der Waals surface area contributed by atoms with E-state index in [0.29, 0.717) is 43.5 Å². The second-order valence-corrected chi connectivity index (χ2v) is 10.0. The molecule has 0 spiro atoms. The van der Waals surface area contributed by atoms with Gasteiger partial charge in [-0.25, -0.2) is 14.6 Å². The molecule has 0 aliphatic heterocycles. The molecule has 0 bridgehead atoms. The highest BCUT2D eigenvalue weighted by atomic mass is 16.5. The maximum absolute atomic E-state index is 12.9. The Balaban J connectivity index is 1.74. The van der Waals surface area contributed by atoms with Gasteiger partial charge in [-0.3, -0.25) is 14.4 Å². The quantitative estimate of drug-likeness (QED) is 0.496. The molecular weight excluding hydrogens is 450 g/mol. The Morgan fingerprint density at radius 1 is 1.26 bits per heavy atom. The third-order valence-corrected chi connectivity index (χ3v) is 6.64. The second-order valence-electron chi connectivity index (χ2n) is 10.0. The topological polar surface area (TPSA) is 168 Å². The Morgan fingerprint density at radius 2 is 2.00 bits per heavy atom. The first kappa shape index (κ1) is 24.8. The molecule has 35 heavy (non-hydrogen) atoms. The average Bonchev–Trinajstić information content (AvgIpc) is 3.17. The van der Waals surface area contributed by atoms with Gasteiger partial charge >= 0.3 is 5.97 Å². The van der Waals surface area contributed by atoms with Crippen LogP contribution in [0.3, 0.4) is 0 Å². The van der Waals surface area contributed by atoms with E-state index < -0.39 is 18.0 Å². The van der Waals surface area contributed by atoms with E-state index >= 15 is 0 Å². The van der Waals surface area contributed by atoms with Crippen LogP contribution in [0.15, 0.2) is 6.20 Å². The van der Waals surface area contributed by atoms with Crippen molar-refractivity contribution in [2.24, 2.45) is 16.9 Å². The van der Waals surface area contributed by atoms with Crippen molar-refractivity contribution in [1.29, 1.82) is 0 Å². The molecule has 2 aliphatic rings. The predicted molar refractivity (Wildman–Crippen MR) is 128 cm³/mol. The number of amides is 1. The third kappa shape index (κ3) is 5.04. The van der Waals surface area contributed by atoms with Gasteiger partial charge in [0.2, 0.25) is 0 Å². The maximum Gasteiger partial charge on any atom is 0.320 e. The Bertz CT molecular complexity index is 1160. The average molecular weight is 484 g/mol. The molecule has 0 saturated heterocycles. The smallest absolute Gasteiger partial charge is 0.320 e. The Morgan fingerprint density at radius 3 is 2.69 bits per heavy atom. The molecule has 2 aromatic rings. The van der Waals surface area contributed by atoms with E-state index in [1.165, 1.54) is 6.20 Å². The fraction of sp³-hybridized carbons (Fsp3) is 0.583. The number of nitrogens with two attached hydrogens (primary N) is 2. The molecule has 2 aliphatic carbocycles. The molecule has 5 N–H and O–H groups in total. The van der Waals surface area contributed by atoms with Gasteiger partial charge in [0.25, 0.3) is 5.91 Å². The van der Waals surface area contributed by atoms with Gasteiger partial charge < -0.3 is 21.5 Å². The van der Waals surface area contributed by atoms with Gasteiger partial charge in [0.15, 0.2) is 23.1 Å². The van der Waals surface area contributed by atoms with Gasteiger partial charge in [0.1, 0.15) is 6.10 Å². The van der Waals surface area contributed by atoms with Gasteiger partial charge in [0, 0.05) is 6.42 Å². The highest BCUT2D eigenvalue weighted by Crippen LogP contribution is 2.37. The number of ketones is 1. The van der Waals surface area contributed by atoms with E-state index in [9.17, 15) is 14.4 Å². The number of carbonyl (C=O) groups excluding carboxylic acids is 3. The number of primary amides is 1. The molecule has 0 aromatic carbocycles. The Kier molecular flexibility index (Phi) is 6.88. The molecular formula is C24H33N7O4. The first-order valence-corrected chi connectivity index (χ1v) is 12.1. The molecule has 1 fully saturated rings. The molecule has 1 saturated carbocycles. The minimum Gasteiger partial charge on any atom is -0.459 e. The molecule has 0 radical (unpaired) electrons. The number of rotatable bonds is 7. The maximum atomic E-state index is 12.9. The number of hydrogen-bond acceptors (Lipinski definition) is 9. The summed E-state index contributed by atoms with van der Waals surface area (Å²) in [7, 11) is 0. The fourth-order valence-electron chi connectivity index (χ4n) is 5.02. The summed E-state index contributed by atoms with van der Waals surface area (Å²) in [6, 6.07) is -0.278. The summed E-state index contributed by atoms with van der Waals surface area (Å²) in [5, 5.41) is 7.94. The summed E-state index contributed by atoms with van der Waals surface area (Å²) in [6.45, 7) is 5.86. The van der Waals surface area contributed by atoms with Crippen molar-refractivity contribution in [1.82, 2.24) is 19.7 Å². The first-order chi connectivity index (χ1) is 16.6. The molecule has 4 rings (SSSR count). The van der Waals surface area contributed by atoms with E-state index in [1.807, 2.05) is 6.92 Å². The van der Waals surface area contributed by atoms with Crippen molar-refractivity contribution in [2.75, 3.05) is 11.9 Å². The van der Waals surface area contributed by atoms with E-state index in [2.05, 4.69) is 29.1 Å². The molecule has 11 nitrogen and oxygen atoms in total. The normalized spacial score (nSPS) is 21.3. The Labute approximate surface area is 204 Å². The summed E-state index contributed by atoms with van der Waals surface area (Å²) in [6.07, 6.45) is 5.99. The number of esters is 1. The summed E-state index contributed by atoms with van der Waals surface area (Å²) < 4.78 is 7.18. The van der Waals surface area contributed by atoms with Crippen molar-refractivity contribution in [3.63, 3.8) is 0 Å². The summed E-state index contributed by atoms with van der Waals surface area (Å²) in [5.74, 6) is -0.567. The van der Waals surface area contributed by atoms with Crippen LogP contribution < -0.4 is 16.8 Å². The number of ether oxygens (including phenoxy) is 1. The first-order valence-electron chi connectivity index (χ1n) is 12.1. The number of nitrogens with one attached hydrogen (secondary N) is 1. The zero-order valence-corrected chi connectivity index (χ0v) is 20.5. The largest absolute Gasteiger partial charge is 0.459 e. The van der Waals surface area contributed by atoms with Crippen LogP contribution in [0.25, 0.3) is 5.82 Å². The van der Waals surface area contributed by atoms with Crippen molar-refractivity contribution in [3.05, 3.63) is 28.8 Å². The second kappa shape index (κ2) is 9.73. The van der Waals surface area contributed by atoms with E-state index in [0.717, 1.165) is 24.2 Å². The van der Waals surface area contributed by atoms with Gasteiger partial charge in [-0.15, -0.1) is 0 Å². The van der Waals surface area contributed by atoms with Crippen LogP contribution in [-0.4, -0.2) is 56.1 Å². The van der Waals surface area contributed by atoms with Gasteiger partial charge in [-0.2, -0.15) is 5.10 Å². The summed E-state index contributed by atoms with van der Waals surface area (Å²) in [4.78, 5) is 45.9. The lowest BCUT2D eigenvalue weighted by atomic mass is 9.75. The minimum atomic E-state index is -0.731. The van der Waals surface area contributed by atoms with Crippen molar-refractivity contribution in [2.45, 2.75) is 77.9 Å². The molecule has 188 valence electrons. The SMILES string of the molecule is CCc1nn(-c2cnc(C(N)=O)c(NC3CCCCC3OC(=O)CN)n2)c2c1C(=O)CC(C)(C)C2. The molecule has 2 unspecified atom stereocenters. The van der Waals surface area contributed by atoms with Gasteiger partial charge in [-0.05, 0) is 37.5 Å². The number of hydrogen-bond donors (Lipinski definition) is 3. The van der Waals surface area contributed by atoms with Crippen molar-refractivity contribution in [3.8, 4) is 5.82 Å². The van der Waals surface area contributed by atoms with E-state index in [1.54, 1.807) is 4.68 Å². The zero-order chi connectivity index (χ0) is 25.3. The van der Waals surface area contributed by atoms with Crippen LogP contribution >= 0.6 is 0 Å². The third-order valence-electron chi connectivity index (χ3n) is 6.64. The number of carbonyl (C=O) groups is 3. The highest BCUT2D eigenvalue weighted by Gasteiger charge is 2.37. The van der Waals surface area contributed by atoms with E-state index in [4.69, 9.17) is 21.3 Å². The molecule has 2 aromatic heterocycles. The molecule has 2 heterocycles. The molecule has 1 amide bonds. The van der Waals surface area contributed by atoms with Crippen LogP contribution in [0.2, 0.25) is 0 Å². The van der Waals surface area contributed by atoms with Crippen LogP contribution in [0.4, 0.5) is 5.82 Å². The number of anilines is 1. The molecule has 2 atom stereocenters. The van der Waals surface area contributed by atoms with Crippen molar-refractivity contribution >= 4 is 23.5 Å². The van der Waals surface area contributed by atoms with Crippen LogP contribution in [-0.2, 0) is 22.4 Å². The standard InChI is InChI=1S/C24H33N7O4/c1-4-13-20-15(9-24(2,3)10-16(20)32)31(30-13)18-12-27-21(22(26)34)23(29-18)28-14-7-5-6-8-17(14)35-19(33)11-25/h12,14,17H,4-11,25H2,1-3H3,(H2,26,34)(H,28,29). The fourth-order valence-corrected chi connectivity index (χ4v) is 5.02.